The Kier molecular flexibility index (Phi) is 4.29. The lowest BCUT2D eigenvalue weighted by Gasteiger charge is -2.31. The van der Waals surface area contributed by atoms with Crippen LogP contribution in [0.4, 0.5) is 0 Å². The van der Waals surface area contributed by atoms with Crippen LogP contribution in [0.5, 0.6) is 0 Å². The summed E-state index contributed by atoms with van der Waals surface area (Å²) < 4.78 is 5.74. The summed E-state index contributed by atoms with van der Waals surface area (Å²) in [4.78, 5) is 0. The second kappa shape index (κ2) is 4.23. The van der Waals surface area contributed by atoms with Crippen molar-refractivity contribution in [3.05, 3.63) is 0 Å². The maximum atomic E-state index is 5.74. The summed E-state index contributed by atoms with van der Waals surface area (Å²) in [7, 11) is -0.608. The molecule has 2 nitrogen and oxygen atoms in total. The first kappa shape index (κ1) is 11.1. The van der Waals surface area contributed by atoms with Crippen LogP contribution in [-0.2, 0) is 4.43 Å². The summed E-state index contributed by atoms with van der Waals surface area (Å²) >= 11 is 0. The molecule has 0 saturated heterocycles. The van der Waals surface area contributed by atoms with Crippen LogP contribution < -0.4 is 5.73 Å². The molecule has 0 spiro atoms. The van der Waals surface area contributed by atoms with Gasteiger partial charge in [0.25, 0.3) is 0 Å². The van der Waals surface area contributed by atoms with Crippen molar-refractivity contribution < 1.29 is 4.43 Å². The van der Waals surface area contributed by atoms with Crippen molar-refractivity contribution in [2.24, 2.45) is 11.1 Å². The molecule has 0 saturated carbocycles. The largest absolute Gasteiger partial charge is 0.412 e. The Hall–Kier alpha value is 0.137. The van der Waals surface area contributed by atoms with Gasteiger partial charge in [-0.05, 0) is 18.5 Å². The fourth-order valence-electron chi connectivity index (χ4n) is 0.863. The zero-order valence-corrected chi connectivity index (χ0v) is 9.27. The predicted octanol–water partition coefficient (Wildman–Crippen LogP) is 1.63. The van der Waals surface area contributed by atoms with Gasteiger partial charge in [-0.3, -0.25) is 0 Å². The minimum Gasteiger partial charge on any atom is -0.412 e. The molecule has 0 aromatic carbocycles. The lowest BCUT2D eigenvalue weighted by Crippen LogP contribution is -2.39. The van der Waals surface area contributed by atoms with E-state index in [9.17, 15) is 0 Å². The number of nitrogens with two attached hydrogens (primary N) is 1. The lowest BCUT2D eigenvalue weighted by molar-refractivity contribution is 0.0941. The highest BCUT2D eigenvalue weighted by molar-refractivity contribution is 6.48. The zero-order valence-electron chi connectivity index (χ0n) is 8.27. The minimum absolute atomic E-state index is 0.177. The minimum atomic E-state index is -0.608. The standard InChI is InChI=1S/C8H20NOSi/c1-8(2,3)7(6-9)10-11(4)5/h7H,6,9H2,1-5H3. The summed E-state index contributed by atoms with van der Waals surface area (Å²) in [6.45, 7) is 11.4. The first-order valence-electron chi connectivity index (χ1n) is 4.04. The van der Waals surface area contributed by atoms with Crippen molar-refractivity contribution in [3.63, 3.8) is 0 Å². The molecular weight excluding hydrogens is 154 g/mol. The van der Waals surface area contributed by atoms with E-state index in [1.54, 1.807) is 0 Å². The normalized spacial score (nSPS) is 15.5. The van der Waals surface area contributed by atoms with Crippen LogP contribution in [0.1, 0.15) is 20.8 Å². The van der Waals surface area contributed by atoms with Gasteiger partial charge in [0, 0.05) is 6.54 Å². The third-order valence-corrected chi connectivity index (χ3v) is 2.31. The second-order valence-corrected chi connectivity index (χ2v) is 6.17. The number of hydrogen-bond donors (Lipinski definition) is 1. The average molecular weight is 174 g/mol. The van der Waals surface area contributed by atoms with Crippen molar-refractivity contribution in [3.8, 4) is 0 Å². The van der Waals surface area contributed by atoms with Crippen molar-refractivity contribution in [1.29, 1.82) is 0 Å². The first-order valence-corrected chi connectivity index (χ1v) is 6.45. The van der Waals surface area contributed by atoms with E-state index in [2.05, 4.69) is 33.9 Å². The Morgan fingerprint density at radius 3 is 1.91 bits per heavy atom. The van der Waals surface area contributed by atoms with E-state index in [4.69, 9.17) is 10.2 Å². The highest BCUT2D eigenvalue weighted by atomic mass is 28.3. The molecule has 1 unspecified atom stereocenters. The van der Waals surface area contributed by atoms with Crippen LogP contribution in [0, 0.1) is 5.41 Å². The van der Waals surface area contributed by atoms with Gasteiger partial charge in [-0.2, -0.15) is 0 Å². The summed E-state index contributed by atoms with van der Waals surface area (Å²) in [6, 6.07) is 0. The van der Waals surface area contributed by atoms with E-state index >= 15 is 0 Å². The Labute approximate surface area is 71.8 Å². The molecule has 67 valence electrons. The molecule has 0 aliphatic carbocycles. The quantitative estimate of drug-likeness (QED) is 0.660. The Bertz CT molecular complexity index is 109. The van der Waals surface area contributed by atoms with Crippen LogP contribution in [-0.4, -0.2) is 21.7 Å². The molecule has 11 heavy (non-hydrogen) atoms. The van der Waals surface area contributed by atoms with E-state index in [-0.39, 0.29) is 11.5 Å². The summed E-state index contributed by atoms with van der Waals surface area (Å²) in [6.07, 6.45) is 0.214. The van der Waals surface area contributed by atoms with Crippen molar-refractivity contribution in [2.45, 2.75) is 40.0 Å². The van der Waals surface area contributed by atoms with E-state index < -0.39 is 9.04 Å². The highest BCUT2D eigenvalue weighted by Gasteiger charge is 2.24. The maximum absolute atomic E-state index is 5.74. The molecule has 0 rings (SSSR count). The summed E-state index contributed by atoms with van der Waals surface area (Å²) in [5.41, 5.74) is 5.78. The lowest BCUT2D eigenvalue weighted by atomic mass is 9.89. The highest BCUT2D eigenvalue weighted by Crippen LogP contribution is 2.21. The SMILES string of the molecule is C[Si](C)OC(CN)C(C)(C)C. The molecule has 0 aromatic rings. The van der Waals surface area contributed by atoms with Gasteiger partial charge in [0.2, 0.25) is 9.04 Å². The topological polar surface area (TPSA) is 35.2 Å². The monoisotopic (exact) mass is 174 g/mol. The van der Waals surface area contributed by atoms with E-state index in [1.807, 2.05) is 0 Å². The molecule has 0 aliphatic heterocycles. The van der Waals surface area contributed by atoms with Crippen molar-refractivity contribution >= 4 is 9.04 Å². The molecule has 0 aliphatic rings. The van der Waals surface area contributed by atoms with Crippen LogP contribution >= 0.6 is 0 Å². The van der Waals surface area contributed by atoms with Gasteiger partial charge in [0.15, 0.2) is 0 Å². The van der Waals surface area contributed by atoms with E-state index in [0.29, 0.717) is 6.54 Å². The van der Waals surface area contributed by atoms with Gasteiger partial charge in [0.05, 0.1) is 6.10 Å². The molecule has 0 aromatic heterocycles. The van der Waals surface area contributed by atoms with Crippen LogP contribution in [0.15, 0.2) is 0 Å². The Morgan fingerprint density at radius 1 is 1.36 bits per heavy atom. The van der Waals surface area contributed by atoms with Gasteiger partial charge >= 0.3 is 0 Å². The van der Waals surface area contributed by atoms with Gasteiger partial charge < -0.3 is 10.2 Å². The zero-order chi connectivity index (χ0) is 9.07. The van der Waals surface area contributed by atoms with Gasteiger partial charge in [-0.25, -0.2) is 0 Å². The fraction of sp³-hybridized carbons (Fsp3) is 1.00. The van der Waals surface area contributed by atoms with Crippen LogP contribution in [0.25, 0.3) is 0 Å². The smallest absolute Gasteiger partial charge is 0.205 e. The van der Waals surface area contributed by atoms with Crippen LogP contribution in [0.3, 0.4) is 0 Å². The van der Waals surface area contributed by atoms with Gasteiger partial charge in [0.1, 0.15) is 0 Å². The molecule has 1 radical (unpaired) electrons. The molecule has 0 heterocycles. The Balaban J connectivity index is 3.96. The van der Waals surface area contributed by atoms with Crippen LogP contribution in [0.2, 0.25) is 13.1 Å². The summed E-state index contributed by atoms with van der Waals surface area (Å²) in [5, 5.41) is 0. The van der Waals surface area contributed by atoms with E-state index in [1.165, 1.54) is 0 Å². The molecule has 0 bridgehead atoms. The first-order chi connectivity index (χ1) is 4.88. The Morgan fingerprint density at radius 2 is 1.82 bits per heavy atom. The summed E-state index contributed by atoms with van der Waals surface area (Å²) in [5.74, 6) is 0. The molecule has 0 amide bonds. The maximum Gasteiger partial charge on any atom is 0.205 e. The fourth-order valence-corrected chi connectivity index (χ4v) is 1.88. The van der Waals surface area contributed by atoms with E-state index in [0.717, 1.165) is 0 Å². The third-order valence-electron chi connectivity index (χ3n) is 1.56. The predicted molar refractivity (Wildman–Crippen MR) is 50.9 cm³/mol. The molecule has 2 N–H and O–H groups in total. The molecule has 3 heteroatoms. The van der Waals surface area contributed by atoms with Gasteiger partial charge in [-0.15, -0.1) is 0 Å². The van der Waals surface area contributed by atoms with Crippen molar-refractivity contribution in [2.75, 3.05) is 6.54 Å². The number of rotatable bonds is 3. The average Bonchev–Trinajstić information content (AvgIpc) is 1.79. The third kappa shape index (κ3) is 4.56. The molecule has 0 fully saturated rings. The molecular formula is C8H20NOSi. The van der Waals surface area contributed by atoms with Gasteiger partial charge in [-0.1, -0.05) is 20.8 Å². The second-order valence-electron chi connectivity index (χ2n) is 4.12. The molecule has 1 atom stereocenters. The van der Waals surface area contributed by atoms with Crippen molar-refractivity contribution in [1.82, 2.24) is 0 Å². The number of hydrogen-bond acceptors (Lipinski definition) is 2.